The van der Waals surface area contributed by atoms with Crippen LogP contribution in [0.5, 0.6) is 0 Å². The van der Waals surface area contributed by atoms with Gasteiger partial charge >= 0.3 is 0 Å². The first kappa shape index (κ1) is 30.1. The molecule has 41 heavy (non-hydrogen) atoms. The lowest BCUT2D eigenvalue weighted by Crippen LogP contribution is -2.40. The Morgan fingerprint density at radius 3 is 2.39 bits per heavy atom. The van der Waals surface area contributed by atoms with Crippen LogP contribution in [0.2, 0.25) is 0 Å². The Morgan fingerprint density at radius 1 is 1.00 bits per heavy atom. The average molecular weight is 559 g/mol. The van der Waals surface area contributed by atoms with E-state index in [2.05, 4.69) is 33.5 Å². The molecule has 8 nitrogen and oxygen atoms in total. The minimum absolute atomic E-state index is 0.0532. The summed E-state index contributed by atoms with van der Waals surface area (Å²) in [4.78, 5) is 43.7. The number of benzene rings is 2. The molecule has 0 bridgehead atoms. The van der Waals surface area contributed by atoms with Gasteiger partial charge in [0.1, 0.15) is 0 Å². The van der Waals surface area contributed by atoms with Crippen LogP contribution in [0, 0.1) is 27.7 Å². The summed E-state index contributed by atoms with van der Waals surface area (Å²) < 4.78 is 5.63. The third-order valence-electron chi connectivity index (χ3n) is 7.98. The number of amides is 2. The van der Waals surface area contributed by atoms with Gasteiger partial charge in [0.2, 0.25) is 5.91 Å². The summed E-state index contributed by atoms with van der Waals surface area (Å²) in [7, 11) is 0. The van der Waals surface area contributed by atoms with Crippen LogP contribution in [0.3, 0.4) is 0 Å². The molecule has 1 fully saturated rings. The fraction of sp³-hybridized carbons (Fsp3) is 0.424. The molecule has 8 heteroatoms. The maximum Gasteiger partial charge on any atom is 0.253 e. The van der Waals surface area contributed by atoms with Gasteiger partial charge in [-0.3, -0.25) is 14.4 Å². The maximum absolute atomic E-state index is 13.8. The van der Waals surface area contributed by atoms with Crippen molar-refractivity contribution < 1.29 is 14.3 Å². The number of nitrogens with one attached hydrogen (secondary N) is 3. The van der Waals surface area contributed by atoms with Crippen LogP contribution in [0.15, 0.2) is 41.2 Å². The lowest BCUT2D eigenvalue weighted by atomic mass is 9.93. The average Bonchev–Trinajstić information content (AvgIpc) is 2.95. The van der Waals surface area contributed by atoms with E-state index in [9.17, 15) is 14.4 Å². The maximum atomic E-state index is 13.8. The molecular formula is C33H42N4O4. The van der Waals surface area contributed by atoms with Crippen molar-refractivity contribution in [2.45, 2.75) is 73.4 Å². The number of H-pyrrole nitrogens is 1. The first-order valence-electron chi connectivity index (χ1n) is 14.5. The number of rotatable bonds is 9. The van der Waals surface area contributed by atoms with E-state index >= 15 is 0 Å². The Balaban J connectivity index is 1.79. The zero-order chi connectivity index (χ0) is 29.7. The number of anilines is 2. The second kappa shape index (κ2) is 13.2. The molecule has 2 heterocycles. The summed E-state index contributed by atoms with van der Waals surface area (Å²) >= 11 is 0. The number of aromatic nitrogens is 1. The number of aryl methyl sites for hydroxylation is 3. The lowest BCUT2D eigenvalue weighted by molar-refractivity contribution is -0.115. The van der Waals surface area contributed by atoms with E-state index in [4.69, 9.17) is 4.74 Å². The van der Waals surface area contributed by atoms with Gasteiger partial charge < -0.3 is 25.3 Å². The fourth-order valence-electron chi connectivity index (χ4n) is 5.64. The Hall–Kier alpha value is -3.91. The number of aromatic amines is 1. The molecular weight excluding hydrogens is 516 g/mol. The minimum Gasteiger partial charge on any atom is -0.381 e. The molecule has 0 radical (unpaired) electrons. The van der Waals surface area contributed by atoms with Crippen LogP contribution in [0.25, 0.3) is 11.1 Å². The predicted molar refractivity (Wildman–Crippen MR) is 165 cm³/mol. The van der Waals surface area contributed by atoms with Gasteiger partial charge in [0, 0.05) is 67.0 Å². The minimum atomic E-state index is -0.235. The molecule has 1 aliphatic rings. The number of carbonyl (C=O) groups is 2. The second-order valence-electron chi connectivity index (χ2n) is 10.9. The van der Waals surface area contributed by atoms with Crippen molar-refractivity contribution in [3.05, 3.63) is 80.3 Å². The third kappa shape index (κ3) is 6.88. The third-order valence-corrected chi connectivity index (χ3v) is 7.98. The summed E-state index contributed by atoms with van der Waals surface area (Å²) in [5.74, 6) is -0.288. The van der Waals surface area contributed by atoms with Gasteiger partial charge in [-0.1, -0.05) is 13.0 Å². The molecule has 0 aliphatic carbocycles. The number of hydrogen-bond acceptors (Lipinski definition) is 5. The molecule has 0 atom stereocenters. The van der Waals surface area contributed by atoms with Gasteiger partial charge in [-0.15, -0.1) is 0 Å². The highest BCUT2D eigenvalue weighted by Crippen LogP contribution is 2.36. The zero-order valence-corrected chi connectivity index (χ0v) is 25.1. The highest BCUT2D eigenvalue weighted by Gasteiger charge is 2.25. The molecule has 1 saturated heterocycles. The monoisotopic (exact) mass is 558 g/mol. The van der Waals surface area contributed by atoms with Gasteiger partial charge in [0.25, 0.3) is 11.5 Å². The van der Waals surface area contributed by atoms with Crippen LogP contribution in [-0.4, -0.2) is 42.6 Å². The van der Waals surface area contributed by atoms with Crippen molar-refractivity contribution in [1.82, 2.24) is 10.3 Å². The van der Waals surface area contributed by atoms with Gasteiger partial charge in [-0.2, -0.15) is 0 Å². The first-order valence-corrected chi connectivity index (χ1v) is 14.5. The summed E-state index contributed by atoms with van der Waals surface area (Å²) in [6.45, 7) is 14.1. The SMILES string of the molecule is CCC(=O)Nc1ccc(C)c(-c2cc(C(=O)NCc3c(C)cc(C)[nH]c3=O)c(C)c(N(CC)C3CCOCC3)c2)c1. The predicted octanol–water partition coefficient (Wildman–Crippen LogP) is 5.56. The molecule has 0 spiro atoms. The van der Waals surface area contributed by atoms with Crippen LogP contribution in [-0.2, 0) is 16.1 Å². The molecule has 0 unspecified atom stereocenters. The van der Waals surface area contributed by atoms with Crippen molar-refractivity contribution in [1.29, 1.82) is 0 Å². The van der Waals surface area contributed by atoms with Crippen LogP contribution in [0.1, 0.15) is 71.4 Å². The molecule has 1 aliphatic heterocycles. The van der Waals surface area contributed by atoms with Crippen molar-refractivity contribution >= 4 is 23.2 Å². The standard InChI is InChI=1S/C33H42N4O4/c1-7-31(38)36-25-10-9-20(3)27(18-25)24-16-28(32(39)34-19-29-21(4)15-22(5)35-33(29)40)23(6)30(17-24)37(8-2)26-11-13-41-14-12-26/h9-10,15-18,26H,7-8,11-14,19H2,1-6H3,(H,34,39)(H,35,40)(H,36,38). The number of nitrogens with zero attached hydrogens (tertiary/aromatic N) is 1. The number of pyridine rings is 1. The first-order chi connectivity index (χ1) is 19.6. The van der Waals surface area contributed by atoms with E-state index in [1.54, 1.807) is 0 Å². The number of hydrogen-bond donors (Lipinski definition) is 3. The molecule has 218 valence electrons. The molecule has 4 rings (SSSR count). The van der Waals surface area contributed by atoms with E-state index in [0.717, 1.165) is 77.5 Å². The number of carbonyl (C=O) groups excluding carboxylic acids is 2. The van der Waals surface area contributed by atoms with Gasteiger partial charge in [0.05, 0.1) is 0 Å². The van der Waals surface area contributed by atoms with Crippen molar-refractivity contribution in [2.75, 3.05) is 30.0 Å². The van der Waals surface area contributed by atoms with Gasteiger partial charge in [0.15, 0.2) is 0 Å². The summed E-state index contributed by atoms with van der Waals surface area (Å²) in [6, 6.07) is 12.2. The summed E-state index contributed by atoms with van der Waals surface area (Å²) in [5.41, 5.74) is 8.06. The van der Waals surface area contributed by atoms with Crippen molar-refractivity contribution in [2.24, 2.45) is 0 Å². The van der Waals surface area contributed by atoms with Crippen molar-refractivity contribution in [3.8, 4) is 11.1 Å². The zero-order valence-electron chi connectivity index (χ0n) is 25.1. The topological polar surface area (TPSA) is 104 Å². The molecule has 0 saturated carbocycles. The van der Waals surface area contributed by atoms with Gasteiger partial charge in [-0.05, 0) is 106 Å². The van der Waals surface area contributed by atoms with Crippen LogP contribution >= 0.6 is 0 Å². The van der Waals surface area contributed by atoms with E-state index < -0.39 is 0 Å². The summed E-state index contributed by atoms with van der Waals surface area (Å²) in [5, 5.41) is 5.96. The second-order valence-corrected chi connectivity index (χ2v) is 10.9. The Labute approximate surface area is 242 Å². The van der Waals surface area contributed by atoms with Crippen molar-refractivity contribution in [3.63, 3.8) is 0 Å². The van der Waals surface area contributed by atoms with Crippen LogP contribution < -0.4 is 21.1 Å². The highest BCUT2D eigenvalue weighted by atomic mass is 16.5. The Morgan fingerprint density at radius 2 is 1.73 bits per heavy atom. The smallest absolute Gasteiger partial charge is 0.253 e. The molecule has 3 N–H and O–H groups in total. The quantitative estimate of drug-likeness (QED) is 0.319. The number of ether oxygens (including phenoxy) is 1. The lowest BCUT2D eigenvalue weighted by Gasteiger charge is -2.37. The largest absolute Gasteiger partial charge is 0.381 e. The highest BCUT2D eigenvalue weighted by molar-refractivity contribution is 5.99. The normalized spacial score (nSPS) is 13.6. The summed E-state index contributed by atoms with van der Waals surface area (Å²) in [6.07, 6.45) is 2.24. The van der Waals surface area contributed by atoms with E-state index in [0.29, 0.717) is 23.6 Å². The molecule has 2 aromatic carbocycles. The molecule has 1 aromatic heterocycles. The Bertz CT molecular complexity index is 1490. The molecule has 2 amide bonds. The van der Waals surface area contributed by atoms with E-state index in [1.165, 1.54) is 0 Å². The van der Waals surface area contributed by atoms with Crippen LogP contribution in [0.4, 0.5) is 11.4 Å². The van der Waals surface area contributed by atoms with E-state index in [-0.39, 0.29) is 23.9 Å². The fourth-order valence-corrected chi connectivity index (χ4v) is 5.64. The molecule has 3 aromatic rings. The Kier molecular flexibility index (Phi) is 9.65. The van der Waals surface area contributed by atoms with Gasteiger partial charge in [-0.25, -0.2) is 0 Å². The van der Waals surface area contributed by atoms with E-state index in [1.807, 2.05) is 65.0 Å².